The Labute approximate surface area is 177 Å². The molecule has 1 aromatic heterocycles. The van der Waals surface area contributed by atoms with Crippen LogP contribution in [0.5, 0.6) is 0 Å². The van der Waals surface area contributed by atoms with Crippen molar-refractivity contribution in [1.29, 1.82) is 0 Å². The van der Waals surface area contributed by atoms with Crippen LogP contribution in [0.3, 0.4) is 0 Å². The fourth-order valence-electron chi connectivity index (χ4n) is 4.04. The third-order valence-corrected chi connectivity index (χ3v) is 5.36. The maximum absolute atomic E-state index is 12.9. The number of morpholine rings is 1. The Morgan fingerprint density at radius 2 is 1.70 bits per heavy atom. The van der Waals surface area contributed by atoms with Crippen molar-refractivity contribution in [3.63, 3.8) is 0 Å². The molecule has 4 rings (SSSR count). The fraction of sp³-hybridized carbons (Fsp3) is 0.333. The lowest BCUT2D eigenvalue weighted by Crippen LogP contribution is -2.45. The maximum atomic E-state index is 12.9. The molecule has 3 aromatic rings. The van der Waals surface area contributed by atoms with Gasteiger partial charge in [-0.05, 0) is 56.7 Å². The molecule has 2 aromatic carbocycles. The highest BCUT2D eigenvalue weighted by molar-refractivity contribution is 6.05. The molecule has 0 bridgehead atoms. The molecule has 1 saturated heterocycles. The first-order valence-electron chi connectivity index (χ1n) is 10.5. The highest BCUT2D eigenvalue weighted by Crippen LogP contribution is 2.23. The topological polar surface area (TPSA) is 59.4 Å². The Kier molecular flexibility index (Phi) is 5.86. The van der Waals surface area contributed by atoms with E-state index in [0.717, 1.165) is 35.8 Å². The number of benzene rings is 2. The van der Waals surface area contributed by atoms with Gasteiger partial charge in [0.25, 0.3) is 5.91 Å². The smallest absolute Gasteiger partial charge is 0.259 e. The Bertz CT molecular complexity index is 988. The van der Waals surface area contributed by atoms with E-state index in [0.29, 0.717) is 12.0 Å². The zero-order chi connectivity index (χ0) is 21.1. The number of anilines is 2. The molecule has 1 aliphatic rings. The van der Waals surface area contributed by atoms with E-state index < -0.39 is 0 Å². The average Bonchev–Trinajstić information content (AvgIpc) is 3.18. The van der Waals surface area contributed by atoms with Crippen LogP contribution in [-0.4, -0.2) is 41.0 Å². The predicted molar refractivity (Wildman–Crippen MR) is 120 cm³/mol. The fourth-order valence-corrected chi connectivity index (χ4v) is 4.04. The summed E-state index contributed by atoms with van der Waals surface area (Å²) in [7, 11) is 0. The molecule has 2 atom stereocenters. The zero-order valence-electron chi connectivity index (χ0n) is 17.7. The molecule has 2 heterocycles. The first kappa shape index (κ1) is 20.2. The van der Waals surface area contributed by atoms with Crippen molar-refractivity contribution >= 4 is 17.3 Å². The van der Waals surface area contributed by atoms with Crippen molar-refractivity contribution in [3.8, 4) is 5.69 Å². The molecular weight excluding hydrogens is 376 g/mol. The van der Waals surface area contributed by atoms with Gasteiger partial charge in [0, 0.05) is 24.5 Å². The molecule has 156 valence electrons. The van der Waals surface area contributed by atoms with Crippen molar-refractivity contribution in [2.45, 2.75) is 39.4 Å². The largest absolute Gasteiger partial charge is 0.372 e. The second-order valence-electron chi connectivity index (χ2n) is 7.77. The second kappa shape index (κ2) is 8.71. The molecule has 2 unspecified atom stereocenters. The summed E-state index contributed by atoms with van der Waals surface area (Å²) in [6.45, 7) is 7.96. The number of amides is 1. The minimum absolute atomic E-state index is 0.143. The van der Waals surface area contributed by atoms with Crippen LogP contribution >= 0.6 is 0 Å². The van der Waals surface area contributed by atoms with Crippen LogP contribution in [0.1, 0.15) is 36.8 Å². The van der Waals surface area contributed by atoms with E-state index >= 15 is 0 Å². The molecule has 1 fully saturated rings. The molecule has 0 spiro atoms. The van der Waals surface area contributed by atoms with E-state index in [4.69, 9.17) is 4.74 Å². The van der Waals surface area contributed by atoms with Crippen LogP contribution in [0.15, 0.2) is 60.8 Å². The number of rotatable bonds is 5. The standard InChI is InChI=1S/C24H28N4O2/c1-4-23-22(14-25-28(23)21-8-6-5-7-9-21)24(29)26-19-10-12-20(13-11-19)27-15-17(2)30-18(3)16-27/h5-14,17-18H,4,15-16H2,1-3H3,(H,26,29). The van der Waals surface area contributed by atoms with Crippen LogP contribution < -0.4 is 10.2 Å². The number of hydrogen-bond donors (Lipinski definition) is 1. The van der Waals surface area contributed by atoms with E-state index in [9.17, 15) is 4.79 Å². The first-order valence-corrected chi connectivity index (χ1v) is 10.5. The SMILES string of the molecule is CCc1c(C(=O)Nc2ccc(N3CC(C)OC(C)C3)cc2)cnn1-c1ccccc1. The van der Waals surface area contributed by atoms with Crippen molar-refractivity contribution in [3.05, 3.63) is 72.1 Å². The van der Waals surface area contributed by atoms with Crippen LogP contribution in [-0.2, 0) is 11.2 Å². The van der Waals surface area contributed by atoms with Crippen molar-refractivity contribution in [1.82, 2.24) is 9.78 Å². The Balaban J connectivity index is 1.49. The van der Waals surface area contributed by atoms with Crippen molar-refractivity contribution < 1.29 is 9.53 Å². The summed E-state index contributed by atoms with van der Waals surface area (Å²) in [5.41, 5.74) is 4.35. The van der Waals surface area contributed by atoms with Crippen LogP contribution in [0.4, 0.5) is 11.4 Å². The number of nitrogens with zero attached hydrogens (tertiary/aromatic N) is 3. The lowest BCUT2D eigenvalue weighted by molar-refractivity contribution is -0.00521. The van der Waals surface area contributed by atoms with E-state index in [1.54, 1.807) is 6.20 Å². The number of hydrogen-bond acceptors (Lipinski definition) is 4. The Hall–Kier alpha value is -3.12. The summed E-state index contributed by atoms with van der Waals surface area (Å²) >= 11 is 0. The predicted octanol–water partition coefficient (Wildman–Crippen LogP) is 4.30. The minimum atomic E-state index is -0.143. The molecule has 1 aliphatic heterocycles. The molecule has 6 heteroatoms. The minimum Gasteiger partial charge on any atom is -0.372 e. The summed E-state index contributed by atoms with van der Waals surface area (Å²) in [5.74, 6) is -0.143. The monoisotopic (exact) mass is 404 g/mol. The number of para-hydroxylation sites is 1. The molecule has 1 amide bonds. The van der Waals surface area contributed by atoms with Gasteiger partial charge in [-0.2, -0.15) is 5.10 Å². The number of carbonyl (C=O) groups excluding carboxylic acids is 1. The van der Waals surface area contributed by atoms with E-state index in [1.807, 2.05) is 54.1 Å². The molecule has 0 saturated carbocycles. The Morgan fingerprint density at radius 3 is 2.33 bits per heavy atom. The highest BCUT2D eigenvalue weighted by Gasteiger charge is 2.22. The molecule has 6 nitrogen and oxygen atoms in total. The normalized spacial score (nSPS) is 19.0. The van der Waals surface area contributed by atoms with Gasteiger partial charge in [0.1, 0.15) is 0 Å². The van der Waals surface area contributed by atoms with Crippen LogP contribution in [0.25, 0.3) is 5.69 Å². The van der Waals surface area contributed by atoms with Gasteiger partial charge in [-0.15, -0.1) is 0 Å². The molecule has 30 heavy (non-hydrogen) atoms. The second-order valence-corrected chi connectivity index (χ2v) is 7.77. The highest BCUT2D eigenvalue weighted by atomic mass is 16.5. The summed E-state index contributed by atoms with van der Waals surface area (Å²) in [6, 6.07) is 17.9. The first-order chi connectivity index (χ1) is 14.5. The van der Waals surface area contributed by atoms with Crippen LogP contribution in [0, 0.1) is 0 Å². The maximum Gasteiger partial charge on any atom is 0.259 e. The number of ether oxygens (including phenoxy) is 1. The number of carbonyl (C=O) groups is 1. The number of nitrogens with one attached hydrogen (secondary N) is 1. The quantitative estimate of drug-likeness (QED) is 0.689. The average molecular weight is 405 g/mol. The third-order valence-electron chi connectivity index (χ3n) is 5.36. The van der Waals surface area contributed by atoms with Gasteiger partial charge in [0.15, 0.2) is 0 Å². The summed E-state index contributed by atoms with van der Waals surface area (Å²) in [4.78, 5) is 15.2. The number of aromatic nitrogens is 2. The van der Waals surface area contributed by atoms with Gasteiger partial charge in [0.05, 0.1) is 35.3 Å². The Morgan fingerprint density at radius 1 is 1.03 bits per heavy atom. The van der Waals surface area contributed by atoms with Gasteiger partial charge in [-0.1, -0.05) is 25.1 Å². The van der Waals surface area contributed by atoms with Gasteiger partial charge < -0.3 is 15.0 Å². The van der Waals surface area contributed by atoms with Gasteiger partial charge >= 0.3 is 0 Å². The zero-order valence-corrected chi connectivity index (χ0v) is 17.7. The molecular formula is C24H28N4O2. The summed E-state index contributed by atoms with van der Waals surface area (Å²) in [6.07, 6.45) is 2.78. The summed E-state index contributed by atoms with van der Waals surface area (Å²) < 4.78 is 7.64. The van der Waals surface area contributed by atoms with Crippen molar-refractivity contribution in [2.75, 3.05) is 23.3 Å². The summed E-state index contributed by atoms with van der Waals surface area (Å²) in [5, 5.41) is 7.46. The molecule has 0 radical (unpaired) electrons. The van der Waals surface area contributed by atoms with E-state index in [-0.39, 0.29) is 18.1 Å². The van der Waals surface area contributed by atoms with E-state index in [2.05, 4.69) is 41.3 Å². The van der Waals surface area contributed by atoms with Crippen molar-refractivity contribution in [2.24, 2.45) is 0 Å². The van der Waals surface area contributed by atoms with Gasteiger partial charge in [0.2, 0.25) is 0 Å². The third kappa shape index (κ3) is 4.24. The van der Waals surface area contributed by atoms with Crippen LogP contribution in [0.2, 0.25) is 0 Å². The van der Waals surface area contributed by atoms with Gasteiger partial charge in [-0.3, -0.25) is 4.79 Å². The van der Waals surface area contributed by atoms with E-state index in [1.165, 1.54) is 0 Å². The molecule has 1 N–H and O–H groups in total. The van der Waals surface area contributed by atoms with Gasteiger partial charge in [-0.25, -0.2) is 4.68 Å². The lowest BCUT2D eigenvalue weighted by atomic mass is 10.1. The molecule has 0 aliphatic carbocycles. The lowest BCUT2D eigenvalue weighted by Gasteiger charge is -2.36.